The molecule has 0 aromatic heterocycles. The van der Waals surface area contributed by atoms with Crippen LogP contribution in [0.4, 0.5) is 10.5 Å². The molecule has 1 N–H and O–H groups in total. The van der Waals surface area contributed by atoms with Crippen LogP contribution < -0.4 is 10.1 Å². The standard InChI is InChI=1S/C21H32ClN3O2/c1-15-10-16(2)13-24(12-15)14-17-6-8-25(9-7-17)21(26)23-19-11-18(22)4-5-20(19)27-3/h4-5,11,15-17H,6-10,12-14H2,1-3H3,(H,23,26). The predicted molar refractivity (Wildman–Crippen MR) is 111 cm³/mol. The molecule has 2 atom stereocenters. The topological polar surface area (TPSA) is 44.8 Å². The molecule has 2 amide bonds. The van der Waals surface area contributed by atoms with Crippen LogP contribution in [-0.2, 0) is 0 Å². The highest BCUT2D eigenvalue weighted by molar-refractivity contribution is 6.31. The van der Waals surface area contributed by atoms with Gasteiger partial charge in [-0.15, -0.1) is 0 Å². The van der Waals surface area contributed by atoms with Gasteiger partial charge in [-0.1, -0.05) is 25.4 Å². The van der Waals surface area contributed by atoms with E-state index in [2.05, 4.69) is 24.1 Å². The summed E-state index contributed by atoms with van der Waals surface area (Å²) >= 11 is 6.05. The van der Waals surface area contributed by atoms with Crippen molar-refractivity contribution in [2.24, 2.45) is 17.8 Å². The predicted octanol–water partition coefficient (Wildman–Crippen LogP) is 4.57. The van der Waals surface area contributed by atoms with Crippen molar-refractivity contribution in [3.63, 3.8) is 0 Å². The lowest BCUT2D eigenvalue weighted by molar-refractivity contribution is 0.101. The number of halogens is 1. The first kappa shape index (κ1) is 20.3. The molecule has 2 fully saturated rings. The van der Waals surface area contributed by atoms with E-state index in [-0.39, 0.29) is 6.03 Å². The van der Waals surface area contributed by atoms with Gasteiger partial charge in [-0.3, -0.25) is 0 Å². The number of anilines is 1. The summed E-state index contributed by atoms with van der Waals surface area (Å²) in [5.74, 6) is 2.91. The second-order valence-corrected chi connectivity index (χ2v) is 8.81. The van der Waals surface area contributed by atoms with Gasteiger partial charge < -0.3 is 19.9 Å². The number of piperidine rings is 2. The third-order valence-electron chi connectivity index (χ3n) is 5.77. The van der Waals surface area contributed by atoms with Crippen molar-refractivity contribution in [1.29, 1.82) is 0 Å². The normalized spacial score (nSPS) is 24.7. The fourth-order valence-corrected chi connectivity index (χ4v) is 4.77. The molecule has 2 aliphatic heterocycles. The molecular formula is C21H32ClN3O2. The number of benzene rings is 1. The molecule has 0 aliphatic carbocycles. The molecule has 150 valence electrons. The highest BCUT2D eigenvalue weighted by Crippen LogP contribution is 2.29. The van der Waals surface area contributed by atoms with E-state index in [1.165, 1.54) is 26.1 Å². The number of hydrogen-bond acceptors (Lipinski definition) is 3. The molecule has 2 heterocycles. The zero-order valence-corrected chi connectivity index (χ0v) is 17.5. The molecule has 0 spiro atoms. The summed E-state index contributed by atoms with van der Waals surface area (Å²) in [6, 6.07) is 5.17. The van der Waals surface area contributed by atoms with Crippen molar-refractivity contribution >= 4 is 23.3 Å². The van der Waals surface area contributed by atoms with Crippen LogP contribution in [0.1, 0.15) is 33.1 Å². The largest absolute Gasteiger partial charge is 0.495 e. The number of amides is 2. The van der Waals surface area contributed by atoms with Crippen LogP contribution in [0.3, 0.4) is 0 Å². The molecular weight excluding hydrogens is 362 g/mol. The van der Waals surface area contributed by atoms with Crippen molar-refractivity contribution < 1.29 is 9.53 Å². The zero-order chi connectivity index (χ0) is 19.4. The van der Waals surface area contributed by atoms with E-state index in [1.807, 2.05) is 4.90 Å². The van der Waals surface area contributed by atoms with Gasteiger partial charge >= 0.3 is 6.03 Å². The minimum Gasteiger partial charge on any atom is -0.495 e. The van der Waals surface area contributed by atoms with Gasteiger partial charge in [0.1, 0.15) is 5.75 Å². The fourth-order valence-electron chi connectivity index (χ4n) is 4.60. The summed E-state index contributed by atoms with van der Waals surface area (Å²) in [5, 5.41) is 3.53. The molecule has 0 saturated carbocycles. The van der Waals surface area contributed by atoms with E-state index in [4.69, 9.17) is 16.3 Å². The molecule has 2 aliphatic rings. The van der Waals surface area contributed by atoms with Crippen molar-refractivity contribution in [1.82, 2.24) is 9.80 Å². The molecule has 27 heavy (non-hydrogen) atoms. The second-order valence-electron chi connectivity index (χ2n) is 8.37. The number of likely N-dealkylation sites (tertiary alicyclic amines) is 2. The SMILES string of the molecule is COc1ccc(Cl)cc1NC(=O)N1CCC(CN2CC(C)CC(C)C2)CC1. The number of rotatable bonds is 4. The summed E-state index contributed by atoms with van der Waals surface area (Å²) in [7, 11) is 1.59. The summed E-state index contributed by atoms with van der Waals surface area (Å²) in [6.45, 7) is 9.95. The van der Waals surface area contributed by atoms with Gasteiger partial charge in [0.15, 0.2) is 0 Å². The van der Waals surface area contributed by atoms with Gasteiger partial charge in [0, 0.05) is 37.7 Å². The van der Waals surface area contributed by atoms with E-state index < -0.39 is 0 Å². The van der Waals surface area contributed by atoms with E-state index in [9.17, 15) is 4.79 Å². The Morgan fingerprint density at radius 1 is 1.22 bits per heavy atom. The highest BCUT2D eigenvalue weighted by atomic mass is 35.5. The minimum atomic E-state index is -0.0748. The maximum absolute atomic E-state index is 12.6. The Morgan fingerprint density at radius 2 is 1.89 bits per heavy atom. The summed E-state index contributed by atoms with van der Waals surface area (Å²) < 4.78 is 5.31. The second kappa shape index (κ2) is 9.16. The van der Waals surface area contributed by atoms with Gasteiger partial charge in [0.25, 0.3) is 0 Å². The van der Waals surface area contributed by atoms with Gasteiger partial charge in [0.05, 0.1) is 12.8 Å². The lowest BCUT2D eigenvalue weighted by Crippen LogP contribution is -2.46. The summed E-state index contributed by atoms with van der Waals surface area (Å²) in [4.78, 5) is 17.2. The number of urea groups is 1. The van der Waals surface area contributed by atoms with Gasteiger partial charge in [-0.25, -0.2) is 4.79 Å². The Balaban J connectivity index is 1.49. The van der Waals surface area contributed by atoms with Crippen LogP contribution >= 0.6 is 11.6 Å². The van der Waals surface area contributed by atoms with Crippen LogP contribution in [-0.4, -0.2) is 55.7 Å². The molecule has 0 bridgehead atoms. The number of nitrogens with zero attached hydrogens (tertiary/aromatic N) is 2. The number of ether oxygens (including phenoxy) is 1. The van der Waals surface area contributed by atoms with E-state index in [0.717, 1.165) is 37.8 Å². The molecule has 3 rings (SSSR count). The van der Waals surface area contributed by atoms with Crippen LogP contribution in [0.25, 0.3) is 0 Å². The Hall–Kier alpha value is -1.46. The first-order valence-electron chi connectivity index (χ1n) is 10.1. The molecule has 5 nitrogen and oxygen atoms in total. The zero-order valence-electron chi connectivity index (χ0n) is 16.7. The van der Waals surface area contributed by atoms with Gasteiger partial charge in [-0.2, -0.15) is 0 Å². The van der Waals surface area contributed by atoms with E-state index in [1.54, 1.807) is 25.3 Å². The number of carbonyl (C=O) groups is 1. The highest BCUT2D eigenvalue weighted by Gasteiger charge is 2.28. The Morgan fingerprint density at radius 3 is 2.52 bits per heavy atom. The minimum absolute atomic E-state index is 0.0748. The third kappa shape index (κ3) is 5.52. The monoisotopic (exact) mass is 393 g/mol. The van der Waals surface area contributed by atoms with Gasteiger partial charge in [0.2, 0.25) is 0 Å². The lowest BCUT2D eigenvalue weighted by Gasteiger charge is -2.39. The maximum atomic E-state index is 12.6. The van der Waals surface area contributed by atoms with Crippen molar-refractivity contribution in [2.45, 2.75) is 33.1 Å². The lowest BCUT2D eigenvalue weighted by atomic mass is 9.89. The van der Waals surface area contributed by atoms with Crippen LogP contribution in [0.5, 0.6) is 5.75 Å². The van der Waals surface area contributed by atoms with Crippen LogP contribution in [0.15, 0.2) is 18.2 Å². The number of hydrogen-bond donors (Lipinski definition) is 1. The van der Waals surface area contributed by atoms with Crippen molar-refractivity contribution in [2.75, 3.05) is 45.2 Å². The Bertz CT molecular complexity index is 636. The molecule has 6 heteroatoms. The first-order chi connectivity index (χ1) is 12.9. The van der Waals surface area contributed by atoms with E-state index in [0.29, 0.717) is 22.4 Å². The number of methoxy groups -OCH3 is 1. The number of carbonyl (C=O) groups excluding carboxylic acids is 1. The fraction of sp³-hybridized carbons (Fsp3) is 0.667. The molecule has 0 radical (unpaired) electrons. The Labute approximate surface area is 168 Å². The molecule has 1 aromatic carbocycles. The first-order valence-corrected chi connectivity index (χ1v) is 10.4. The van der Waals surface area contributed by atoms with E-state index >= 15 is 0 Å². The Kier molecular flexibility index (Phi) is 6.88. The van der Waals surface area contributed by atoms with Crippen molar-refractivity contribution in [3.8, 4) is 5.75 Å². The van der Waals surface area contributed by atoms with Crippen molar-refractivity contribution in [3.05, 3.63) is 23.2 Å². The molecule has 2 saturated heterocycles. The third-order valence-corrected chi connectivity index (χ3v) is 6.00. The van der Waals surface area contributed by atoms with Crippen LogP contribution in [0, 0.1) is 17.8 Å². The molecule has 2 unspecified atom stereocenters. The number of nitrogens with one attached hydrogen (secondary N) is 1. The maximum Gasteiger partial charge on any atom is 0.321 e. The summed E-state index contributed by atoms with van der Waals surface area (Å²) in [6.07, 6.45) is 3.49. The smallest absolute Gasteiger partial charge is 0.321 e. The molecule has 1 aromatic rings. The average molecular weight is 394 g/mol. The van der Waals surface area contributed by atoms with Gasteiger partial charge in [-0.05, 0) is 55.2 Å². The quantitative estimate of drug-likeness (QED) is 0.814. The average Bonchev–Trinajstić information content (AvgIpc) is 2.61. The van der Waals surface area contributed by atoms with Crippen LogP contribution in [0.2, 0.25) is 5.02 Å². The summed E-state index contributed by atoms with van der Waals surface area (Å²) in [5.41, 5.74) is 0.619.